The fourth-order valence-corrected chi connectivity index (χ4v) is 1.56. The Morgan fingerprint density at radius 3 is 1.93 bits per heavy atom. The Bertz CT molecular complexity index is 244. The van der Waals surface area contributed by atoms with E-state index in [0.717, 1.165) is 10.2 Å². The number of hydrogen-bond donors (Lipinski definition) is 0. The van der Waals surface area contributed by atoms with Gasteiger partial charge in [0.05, 0.1) is 11.6 Å². The molecule has 1 rings (SSSR count). The van der Waals surface area contributed by atoms with Crippen molar-refractivity contribution in [3.8, 4) is 5.75 Å². The summed E-state index contributed by atoms with van der Waals surface area (Å²) in [7, 11) is 1.65. The molecule has 1 nitrogen and oxygen atoms in total. The highest BCUT2D eigenvalue weighted by Gasteiger charge is 1.92. The van der Waals surface area contributed by atoms with Gasteiger partial charge in [-0.15, -0.1) is 0 Å². The second-order valence-electron chi connectivity index (χ2n) is 3.34. The maximum atomic E-state index is 5.00. The summed E-state index contributed by atoms with van der Waals surface area (Å²) >= 11 is 3.33. The molecule has 0 unspecified atom stereocenters. The summed E-state index contributed by atoms with van der Waals surface area (Å²) in [6.07, 6.45) is 5.54. The number of benzene rings is 1. The molecule has 0 saturated heterocycles. The van der Waals surface area contributed by atoms with Gasteiger partial charge in [0.1, 0.15) is 5.75 Å². The van der Waals surface area contributed by atoms with E-state index in [1.807, 2.05) is 24.3 Å². The van der Waals surface area contributed by atoms with Crippen LogP contribution < -0.4 is 4.74 Å². The van der Waals surface area contributed by atoms with Crippen molar-refractivity contribution in [3.05, 3.63) is 28.7 Å². The average molecular weight is 273 g/mol. The lowest BCUT2D eigenvalue weighted by atomic mass is 10.2. The highest BCUT2D eigenvalue weighted by atomic mass is 79.9. The topological polar surface area (TPSA) is 9.23 Å². The van der Waals surface area contributed by atoms with Gasteiger partial charge in [-0.3, -0.25) is 0 Å². The molecule has 1 aromatic rings. The van der Waals surface area contributed by atoms with Crippen LogP contribution in [0, 0.1) is 0 Å². The van der Waals surface area contributed by atoms with Gasteiger partial charge in [0.15, 0.2) is 0 Å². The number of ether oxygens (including phenoxy) is 1. The average Bonchev–Trinajstić information content (AvgIpc) is 2.28. The van der Waals surface area contributed by atoms with Gasteiger partial charge in [0.25, 0.3) is 0 Å². The third-order valence-electron chi connectivity index (χ3n) is 2.01. The SMILES string of the molecule is CCCCCC.COc1ccccc1Br. The van der Waals surface area contributed by atoms with Crippen molar-refractivity contribution in [3.63, 3.8) is 0 Å². The van der Waals surface area contributed by atoms with Crippen molar-refractivity contribution in [2.45, 2.75) is 39.5 Å². The van der Waals surface area contributed by atoms with Gasteiger partial charge in [-0.2, -0.15) is 0 Å². The van der Waals surface area contributed by atoms with Crippen LogP contribution in [-0.2, 0) is 0 Å². The van der Waals surface area contributed by atoms with Crippen LogP contribution in [0.25, 0.3) is 0 Å². The van der Waals surface area contributed by atoms with E-state index >= 15 is 0 Å². The van der Waals surface area contributed by atoms with Crippen LogP contribution in [0.15, 0.2) is 28.7 Å². The molecule has 0 amide bonds. The normalized spacial score (nSPS) is 9.07. The summed E-state index contributed by atoms with van der Waals surface area (Å²) in [5.41, 5.74) is 0. The van der Waals surface area contributed by atoms with Crippen LogP contribution in [0.5, 0.6) is 5.75 Å². The fraction of sp³-hybridized carbons (Fsp3) is 0.538. The van der Waals surface area contributed by atoms with Crippen molar-refractivity contribution in [1.82, 2.24) is 0 Å². The molecule has 0 N–H and O–H groups in total. The van der Waals surface area contributed by atoms with Crippen molar-refractivity contribution in [2.75, 3.05) is 7.11 Å². The van der Waals surface area contributed by atoms with Crippen molar-refractivity contribution < 1.29 is 4.74 Å². The summed E-state index contributed by atoms with van der Waals surface area (Å²) in [5, 5.41) is 0. The Balaban J connectivity index is 0.000000288. The third kappa shape index (κ3) is 7.43. The van der Waals surface area contributed by atoms with Gasteiger partial charge in [-0.1, -0.05) is 51.7 Å². The second-order valence-corrected chi connectivity index (χ2v) is 4.20. The number of methoxy groups -OCH3 is 1. The molecule has 0 fully saturated rings. The summed E-state index contributed by atoms with van der Waals surface area (Å²) in [6.45, 7) is 4.46. The Labute approximate surface area is 102 Å². The molecule has 0 heterocycles. The minimum atomic E-state index is 0.873. The Morgan fingerprint density at radius 1 is 1.07 bits per heavy atom. The molecule has 2 heteroatoms. The first-order valence-electron chi connectivity index (χ1n) is 5.54. The number of unbranched alkanes of at least 4 members (excludes halogenated alkanes) is 3. The first kappa shape index (κ1) is 14.5. The molecule has 0 aliphatic carbocycles. The molecule has 0 bridgehead atoms. The number of hydrogen-bond acceptors (Lipinski definition) is 1. The molecular formula is C13H21BrO. The molecule has 0 spiro atoms. The number of rotatable bonds is 4. The summed E-state index contributed by atoms with van der Waals surface area (Å²) in [4.78, 5) is 0. The zero-order chi connectivity index (χ0) is 11.5. The Hall–Kier alpha value is -0.500. The standard InChI is InChI=1S/C7H7BrO.C6H14/c1-9-7-5-3-2-4-6(7)8;1-3-5-6-4-2/h2-5H,1H3;3-6H2,1-2H3. The van der Waals surface area contributed by atoms with E-state index in [9.17, 15) is 0 Å². The van der Waals surface area contributed by atoms with Crippen molar-refractivity contribution in [2.24, 2.45) is 0 Å². The maximum absolute atomic E-state index is 5.00. The smallest absolute Gasteiger partial charge is 0.133 e. The highest BCUT2D eigenvalue weighted by Crippen LogP contribution is 2.22. The third-order valence-corrected chi connectivity index (χ3v) is 2.67. The molecule has 15 heavy (non-hydrogen) atoms. The molecule has 0 radical (unpaired) electrons. The lowest BCUT2D eigenvalue weighted by molar-refractivity contribution is 0.412. The van der Waals surface area contributed by atoms with Gasteiger partial charge in [-0.05, 0) is 28.1 Å². The second kappa shape index (κ2) is 10.0. The van der Waals surface area contributed by atoms with Crippen LogP contribution in [0.2, 0.25) is 0 Å². The first-order chi connectivity index (χ1) is 7.26. The molecule has 0 atom stereocenters. The van der Waals surface area contributed by atoms with Crippen LogP contribution in [0.4, 0.5) is 0 Å². The molecule has 0 aromatic heterocycles. The van der Waals surface area contributed by atoms with E-state index in [2.05, 4.69) is 29.8 Å². The van der Waals surface area contributed by atoms with Gasteiger partial charge in [0, 0.05) is 0 Å². The quantitative estimate of drug-likeness (QED) is 0.698. The van der Waals surface area contributed by atoms with E-state index in [1.54, 1.807) is 7.11 Å². The molecule has 0 aliphatic heterocycles. The summed E-state index contributed by atoms with van der Waals surface area (Å²) in [5.74, 6) is 0.873. The van der Waals surface area contributed by atoms with E-state index in [0.29, 0.717) is 0 Å². The van der Waals surface area contributed by atoms with E-state index < -0.39 is 0 Å². The number of halogens is 1. The minimum absolute atomic E-state index is 0.873. The summed E-state index contributed by atoms with van der Waals surface area (Å²) < 4.78 is 5.99. The van der Waals surface area contributed by atoms with Gasteiger partial charge in [-0.25, -0.2) is 0 Å². The Morgan fingerprint density at radius 2 is 1.60 bits per heavy atom. The van der Waals surface area contributed by atoms with Gasteiger partial charge >= 0.3 is 0 Å². The zero-order valence-electron chi connectivity index (χ0n) is 9.92. The van der Waals surface area contributed by atoms with E-state index in [4.69, 9.17) is 4.74 Å². The highest BCUT2D eigenvalue weighted by molar-refractivity contribution is 9.10. The molecule has 0 aliphatic rings. The lowest BCUT2D eigenvalue weighted by Crippen LogP contribution is -1.81. The maximum Gasteiger partial charge on any atom is 0.133 e. The Kier molecular flexibility index (Phi) is 9.70. The summed E-state index contributed by atoms with van der Waals surface area (Å²) in [6, 6.07) is 7.74. The largest absolute Gasteiger partial charge is 0.496 e. The van der Waals surface area contributed by atoms with Crippen LogP contribution >= 0.6 is 15.9 Å². The predicted molar refractivity (Wildman–Crippen MR) is 70.5 cm³/mol. The first-order valence-corrected chi connectivity index (χ1v) is 6.34. The van der Waals surface area contributed by atoms with E-state index in [-0.39, 0.29) is 0 Å². The monoisotopic (exact) mass is 272 g/mol. The van der Waals surface area contributed by atoms with Crippen LogP contribution in [0.1, 0.15) is 39.5 Å². The van der Waals surface area contributed by atoms with Gasteiger partial charge < -0.3 is 4.74 Å². The molecular weight excluding hydrogens is 252 g/mol. The van der Waals surface area contributed by atoms with Crippen molar-refractivity contribution >= 4 is 15.9 Å². The van der Waals surface area contributed by atoms with Crippen molar-refractivity contribution in [1.29, 1.82) is 0 Å². The minimum Gasteiger partial charge on any atom is -0.496 e. The van der Waals surface area contributed by atoms with Crippen LogP contribution in [0.3, 0.4) is 0 Å². The number of para-hydroxylation sites is 1. The lowest BCUT2D eigenvalue weighted by Gasteiger charge is -1.99. The molecule has 1 aromatic carbocycles. The predicted octanol–water partition coefficient (Wildman–Crippen LogP) is 5.04. The fourth-order valence-electron chi connectivity index (χ4n) is 1.11. The zero-order valence-corrected chi connectivity index (χ0v) is 11.5. The van der Waals surface area contributed by atoms with Gasteiger partial charge in [0.2, 0.25) is 0 Å². The van der Waals surface area contributed by atoms with Crippen LogP contribution in [-0.4, -0.2) is 7.11 Å². The molecule has 86 valence electrons. The molecule has 0 saturated carbocycles. The van der Waals surface area contributed by atoms with E-state index in [1.165, 1.54) is 25.7 Å².